The van der Waals surface area contributed by atoms with Gasteiger partial charge in [0.15, 0.2) is 5.82 Å². The molecule has 3 aromatic rings. The van der Waals surface area contributed by atoms with Gasteiger partial charge in [0.1, 0.15) is 17.4 Å². The summed E-state index contributed by atoms with van der Waals surface area (Å²) in [5.74, 6) is 0.567. The van der Waals surface area contributed by atoms with E-state index in [4.69, 9.17) is 9.47 Å². The van der Waals surface area contributed by atoms with Crippen molar-refractivity contribution in [3.05, 3.63) is 51.7 Å². The number of anilines is 1. The molecule has 1 aliphatic rings. The van der Waals surface area contributed by atoms with E-state index in [2.05, 4.69) is 20.8 Å². The molecule has 0 saturated heterocycles. The molecule has 0 unspecified atom stereocenters. The zero-order valence-corrected chi connectivity index (χ0v) is 19.8. The van der Waals surface area contributed by atoms with Gasteiger partial charge in [-0.05, 0) is 86.7 Å². The van der Waals surface area contributed by atoms with Gasteiger partial charge in [-0.15, -0.1) is 16.4 Å². The van der Waals surface area contributed by atoms with Crippen LogP contribution in [0.1, 0.15) is 76.6 Å². The summed E-state index contributed by atoms with van der Waals surface area (Å²) in [5.41, 5.74) is 2.00. The SMILES string of the molecule is CCOC(=O)c1c(NC(=O)c2ccc(OCc3nnnn3C(C)C)cc2)sc2c1CCCC2. The van der Waals surface area contributed by atoms with Crippen LogP contribution < -0.4 is 10.1 Å². The van der Waals surface area contributed by atoms with Crippen LogP contribution in [0.2, 0.25) is 0 Å². The molecule has 10 heteroatoms. The Morgan fingerprint density at radius 1 is 1.18 bits per heavy atom. The molecule has 9 nitrogen and oxygen atoms in total. The van der Waals surface area contributed by atoms with Crippen LogP contribution in [0.25, 0.3) is 0 Å². The van der Waals surface area contributed by atoms with E-state index in [-0.39, 0.29) is 24.5 Å². The van der Waals surface area contributed by atoms with Crippen molar-refractivity contribution in [3.8, 4) is 5.75 Å². The van der Waals surface area contributed by atoms with Gasteiger partial charge in [-0.3, -0.25) is 4.79 Å². The first-order valence-corrected chi connectivity index (χ1v) is 11.9. The first kappa shape index (κ1) is 22.9. The number of carbonyl (C=O) groups is 2. The van der Waals surface area contributed by atoms with Crippen molar-refractivity contribution >= 4 is 28.2 Å². The van der Waals surface area contributed by atoms with Gasteiger partial charge in [-0.1, -0.05) is 0 Å². The molecule has 0 bridgehead atoms. The van der Waals surface area contributed by atoms with E-state index in [0.29, 0.717) is 34.3 Å². The van der Waals surface area contributed by atoms with Gasteiger partial charge in [-0.2, -0.15) is 0 Å². The Kier molecular flexibility index (Phi) is 7.02. The van der Waals surface area contributed by atoms with E-state index < -0.39 is 0 Å². The van der Waals surface area contributed by atoms with Gasteiger partial charge in [0, 0.05) is 10.4 Å². The number of amides is 1. The summed E-state index contributed by atoms with van der Waals surface area (Å²) in [5, 5.41) is 15.1. The molecule has 174 valence electrons. The molecule has 33 heavy (non-hydrogen) atoms. The molecule has 0 spiro atoms. The van der Waals surface area contributed by atoms with Gasteiger partial charge < -0.3 is 14.8 Å². The number of carbonyl (C=O) groups excluding carboxylic acids is 2. The summed E-state index contributed by atoms with van der Waals surface area (Å²) in [4.78, 5) is 26.7. The summed E-state index contributed by atoms with van der Waals surface area (Å²) in [6, 6.07) is 6.96. The maximum absolute atomic E-state index is 12.9. The van der Waals surface area contributed by atoms with E-state index >= 15 is 0 Å². The summed E-state index contributed by atoms with van der Waals surface area (Å²) < 4.78 is 12.7. The molecule has 0 fully saturated rings. The average Bonchev–Trinajstić information content (AvgIpc) is 3.42. The number of hydrogen-bond donors (Lipinski definition) is 1. The zero-order valence-electron chi connectivity index (χ0n) is 19.0. The van der Waals surface area contributed by atoms with Crippen molar-refractivity contribution in [2.75, 3.05) is 11.9 Å². The van der Waals surface area contributed by atoms with Gasteiger partial charge in [0.05, 0.1) is 18.2 Å². The molecule has 4 rings (SSSR count). The molecule has 2 aromatic heterocycles. The number of rotatable bonds is 8. The topological polar surface area (TPSA) is 108 Å². The molecule has 0 radical (unpaired) electrons. The molecule has 0 atom stereocenters. The van der Waals surface area contributed by atoms with Crippen molar-refractivity contribution in [2.45, 2.75) is 59.1 Å². The quantitative estimate of drug-likeness (QED) is 0.493. The van der Waals surface area contributed by atoms with Crippen LogP contribution in [0.5, 0.6) is 5.75 Å². The fraction of sp³-hybridized carbons (Fsp3) is 0.435. The second kappa shape index (κ2) is 10.1. The highest BCUT2D eigenvalue weighted by Gasteiger charge is 2.27. The molecular weight excluding hydrogens is 442 g/mol. The lowest BCUT2D eigenvalue weighted by molar-refractivity contribution is 0.0526. The van der Waals surface area contributed by atoms with E-state index in [1.807, 2.05) is 13.8 Å². The highest BCUT2D eigenvalue weighted by Crippen LogP contribution is 2.38. The lowest BCUT2D eigenvalue weighted by atomic mass is 9.95. The standard InChI is InChI=1S/C23H27N5O4S/c1-4-31-23(30)20-17-7-5-6-8-18(17)33-22(20)24-21(29)15-9-11-16(12-10-15)32-13-19-25-26-27-28(19)14(2)3/h9-12,14H,4-8,13H2,1-3H3,(H,24,29). The number of aromatic nitrogens is 4. The number of fused-ring (bicyclic) bond motifs is 1. The normalized spacial score (nSPS) is 13.0. The number of esters is 1. The zero-order chi connectivity index (χ0) is 23.4. The number of thiophene rings is 1. The minimum absolute atomic E-state index is 0.132. The number of nitrogens with one attached hydrogen (secondary N) is 1. The molecule has 1 N–H and O–H groups in total. The monoisotopic (exact) mass is 469 g/mol. The minimum Gasteiger partial charge on any atom is -0.486 e. The highest BCUT2D eigenvalue weighted by molar-refractivity contribution is 7.17. The Morgan fingerprint density at radius 2 is 1.94 bits per heavy atom. The summed E-state index contributed by atoms with van der Waals surface area (Å²) >= 11 is 1.47. The first-order chi connectivity index (χ1) is 16.0. The fourth-order valence-corrected chi connectivity index (χ4v) is 5.08. The van der Waals surface area contributed by atoms with E-state index in [1.54, 1.807) is 35.9 Å². The second-order valence-corrected chi connectivity index (χ2v) is 9.14. The van der Waals surface area contributed by atoms with Gasteiger partial charge in [-0.25, -0.2) is 9.48 Å². The van der Waals surface area contributed by atoms with Gasteiger partial charge in [0.2, 0.25) is 0 Å². The van der Waals surface area contributed by atoms with Crippen molar-refractivity contribution in [1.82, 2.24) is 20.2 Å². The van der Waals surface area contributed by atoms with Gasteiger partial charge in [0.25, 0.3) is 5.91 Å². The predicted octanol–water partition coefficient (Wildman–Crippen LogP) is 4.20. The van der Waals surface area contributed by atoms with Crippen LogP contribution >= 0.6 is 11.3 Å². The highest BCUT2D eigenvalue weighted by atomic mass is 32.1. The molecule has 2 heterocycles. The van der Waals surface area contributed by atoms with Gasteiger partial charge >= 0.3 is 5.97 Å². The second-order valence-electron chi connectivity index (χ2n) is 8.04. The van der Waals surface area contributed by atoms with Crippen LogP contribution in [-0.4, -0.2) is 38.7 Å². The smallest absolute Gasteiger partial charge is 0.341 e. The summed E-state index contributed by atoms with van der Waals surface area (Å²) in [6.07, 6.45) is 3.89. The van der Waals surface area contributed by atoms with E-state index in [0.717, 1.165) is 36.1 Å². The fourth-order valence-electron chi connectivity index (χ4n) is 3.81. The van der Waals surface area contributed by atoms with Crippen molar-refractivity contribution in [1.29, 1.82) is 0 Å². The van der Waals surface area contributed by atoms with Crippen LogP contribution in [0.4, 0.5) is 5.00 Å². The van der Waals surface area contributed by atoms with Crippen LogP contribution in [0, 0.1) is 0 Å². The number of tetrazole rings is 1. The largest absolute Gasteiger partial charge is 0.486 e. The van der Waals surface area contributed by atoms with Crippen LogP contribution in [0.3, 0.4) is 0 Å². The number of nitrogens with zero attached hydrogens (tertiary/aromatic N) is 4. The number of benzene rings is 1. The van der Waals surface area contributed by atoms with E-state index in [1.165, 1.54) is 11.3 Å². The maximum Gasteiger partial charge on any atom is 0.341 e. The van der Waals surface area contributed by atoms with E-state index in [9.17, 15) is 9.59 Å². The third kappa shape index (κ3) is 5.05. The first-order valence-electron chi connectivity index (χ1n) is 11.1. The molecule has 1 amide bonds. The summed E-state index contributed by atoms with van der Waals surface area (Å²) in [7, 11) is 0. The summed E-state index contributed by atoms with van der Waals surface area (Å²) in [6.45, 7) is 6.28. The van der Waals surface area contributed by atoms with Crippen molar-refractivity contribution < 1.29 is 19.1 Å². The average molecular weight is 470 g/mol. The molecule has 1 aliphatic carbocycles. The molecule has 0 aliphatic heterocycles. The lowest BCUT2D eigenvalue weighted by Crippen LogP contribution is -2.15. The Balaban J connectivity index is 1.45. The van der Waals surface area contributed by atoms with Crippen LogP contribution in [0.15, 0.2) is 24.3 Å². The number of aryl methyl sites for hydroxylation is 1. The predicted molar refractivity (Wildman–Crippen MR) is 124 cm³/mol. The molecule has 1 aromatic carbocycles. The Labute approximate surface area is 196 Å². The number of ether oxygens (including phenoxy) is 2. The Morgan fingerprint density at radius 3 is 2.67 bits per heavy atom. The Bertz CT molecular complexity index is 1140. The number of hydrogen-bond acceptors (Lipinski definition) is 8. The third-order valence-corrected chi connectivity index (χ3v) is 6.62. The van der Waals surface area contributed by atoms with Crippen molar-refractivity contribution in [2.24, 2.45) is 0 Å². The maximum atomic E-state index is 12.9. The minimum atomic E-state index is -0.375. The van der Waals surface area contributed by atoms with Crippen LogP contribution in [-0.2, 0) is 24.2 Å². The van der Waals surface area contributed by atoms with Crippen molar-refractivity contribution in [3.63, 3.8) is 0 Å². The lowest BCUT2D eigenvalue weighted by Gasteiger charge is -2.12. The molecule has 0 saturated carbocycles. The molecular formula is C23H27N5O4S. The Hall–Kier alpha value is -3.27. The third-order valence-electron chi connectivity index (χ3n) is 5.41.